The van der Waals surface area contributed by atoms with Crippen molar-refractivity contribution in [1.29, 1.82) is 0 Å². The summed E-state index contributed by atoms with van der Waals surface area (Å²) in [5, 5.41) is 11.0. The SMILES string of the molecule is C=C1C(=O)[C@@]23CC[C@H]4[C@@](C)(CCC[C@@]4(C)C(=O)OCC(C)Br)[C@@H]2CC[C@@]1(O)C3. The second kappa shape index (κ2) is 6.41. The van der Waals surface area contributed by atoms with Gasteiger partial charge in [0.1, 0.15) is 6.61 Å². The molecule has 4 fully saturated rings. The van der Waals surface area contributed by atoms with Crippen LogP contribution in [0.15, 0.2) is 12.2 Å². The molecule has 5 heteroatoms. The highest BCUT2D eigenvalue weighted by Gasteiger charge is 2.71. The lowest BCUT2D eigenvalue weighted by molar-refractivity contribution is -0.191. The van der Waals surface area contributed by atoms with Crippen molar-refractivity contribution < 1.29 is 19.4 Å². The first-order valence-corrected chi connectivity index (χ1v) is 11.7. The minimum Gasteiger partial charge on any atom is -0.464 e. The monoisotopic (exact) mass is 452 g/mol. The fraction of sp³-hybridized carbons (Fsp3) is 0.826. The number of carbonyl (C=O) groups excluding carboxylic acids is 2. The Hall–Kier alpha value is -0.680. The molecule has 1 spiro atoms. The molecule has 4 aliphatic rings. The van der Waals surface area contributed by atoms with E-state index in [0.29, 0.717) is 25.0 Å². The van der Waals surface area contributed by atoms with Crippen LogP contribution in [0, 0.1) is 28.1 Å². The predicted molar refractivity (Wildman–Crippen MR) is 111 cm³/mol. The number of ketones is 1. The van der Waals surface area contributed by atoms with Gasteiger partial charge in [0, 0.05) is 15.8 Å². The number of Topliss-reactive ketones (excluding diaryl/α,β-unsaturated/α-hetero) is 1. The molecular formula is C23H33BrO4. The molecule has 0 aromatic rings. The number of halogens is 1. The van der Waals surface area contributed by atoms with Crippen molar-refractivity contribution in [2.24, 2.45) is 28.1 Å². The molecule has 156 valence electrons. The van der Waals surface area contributed by atoms with E-state index in [4.69, 9.17) is 4.74 Å². The van der Waals surface area contributed by atoms with Crippen LogP contribution in [0.2, 0.25) is 0 Å². The maximum Gasteiger partial charge on any atom is 0.312 e. The van der Waals surface area contributed by atoms with Crippen LogP contribution >= 0.6 is 15.9 Å². The quantitative estimate of drug-likeness (QED) is 0.386. The third-order valence-corrected chi connectivity index (χ3v) is 9.24. The molecule has 4 rings (SSSR count). The average Bonchev–Trinajstić information content (AvgIpc) is 2.76. The molecule has 0 heterocycles. The lowest BCUT2D eigenvalue weighted by Gasteiger charge is -2.63. The van der Waals surface area contributed by atoms with Gasteiger partial charge in [0.2, 0.25) is 0 Å². The molecule has 0 amide bonds. The molecule has 1 unspecified atom stereocenters. The first-order valence-electron chi connectivity index (χ1n) is 10.8. The number of esters is 1. The number of ether oxygens (including phenoxy) is 1. The summed E-state index contributed by atoms with van der Waals surface area (Å²) in [7, 11) is 0. The molecule has 4 saturated carbocycles. The van der Waals surface area contributed by atoms with Crippen molar-refractivity contribution in [1.82, 2.24) is 0 Å². The summed E-state index contributed by atoms with van der Waals surface area (Å²) in [6.07, 6.45) is 6.48. The Morgan fingerprint density at radius 1 is 1.25 bits per heavy atom. The largest absolute Gasteiger partial charge is 0.464 e. The fourth-order valence-corrected chi connectivity index (χ4v) is 7.85. The third-order valence-electron chi connectivity index (χ3n) is 8.97. The minimum atomic E-state index is -1.00. The number of aliphatic hydroxyl groups is 1. The average molecular weight is 453 g/mol. The van der Waals surface area contributed by atoms with Crippen molar-refractivity contribution in [3.63, 3.8) is 0 Å². The van der Waals surface area contributed by atoms with Gasteiger partial charge >= 0.3 is 5.97 Å². The van der Waals surface area contributed by atoms with E-state index >= 15 is 0 Å². The summed E-state index contributed by atoms with van der Waals surface area (Å²) >= 11 is 3.46. The number of hydrogen-bond donors (Lipinski definition) is 1. The maximum atomic E-state index is 13.3. The van der Waals surface area contributed by atoms with E-state index < -0.39 is 16.4 Å². The van der Waals surface area contributed by atoms with Gasteiger partial charge in [0.15, 0.2) is 5.78 Å². The maximum absolute atomic E-state index is 13.3. The standard InChI is InChI=1S/C23H33BrO4/c1-14(24)12-28-19(26)21(4)9-5-8-20(3)16(21)6-10-22-13-23(27,11-7-17(20)22)15(2)18(22)25/h14,16-17,27H,2,5-13H2,1,3-4H3/t14?,16-,17-,20+,21+,22+,23+/m0/s1. The first-order chi connectivity index (χ1) is 13.0. The molecule has 7 atom stereocenters. The van der Waals surface area contributed by atoms with Crippen LogP contribution in [0.25, 0.3) is 0 Å². The molecule has 0 aromatic heterocycles. The van der Waals surface area contributed by atoms with Crippen LogP contribution in [-0.4, -0.2) is 33.9 Å². The zero-order valence-corrected chi connectivity index (χ0v) is 18.9. The van der Waals surface area contributed by atoms with E-state index in [9.17, 15) is 14.7 Å². The molecule has 4 aliphatic carbocycles. The highest BCUT2D eigenvalue weighted by atomic mass is 79.9. The van der Waals surface area contributed by atoms with Gasteiger partial charge in [0.25, 0.3) is 0 Å². The van der Waals surface area contributed by atoms with Gasteiger partial charge in [-0.15, -0.1) is 0 Å². The summed E-state index contributed by atoms with van der Waals surface area (Å²) in [6, 6.07) is 0. The topological polar surface area (TPSA) is 63.6 Å². The molecule has 28 heavy (non-hydrogen) atoms. The van der Waals surface area contributed by atoms with E-state index in [1.165, 1.54) is 0 Å². The van der Waals surface area contributed by atoms with Crippen molar-refractivity contribution in [2.75, 3.05) is 6.61 Å². The summed E-state index contributed by atoms with van der Waals surface area (Å²) in [5.41, 5.74) is -1.61. The minimum absolute atomic E-state index is 0.0775. The predicted octanol–water partition coefficient (Wildman–Crippen LogP) is 4.58. The first kappa shape index (κ1) is 20.6. The Kier molecular flexibility index (Phi) is 4.71. The van der Waals surface area contributed by atoms with E-state index in [1.54, 1.807) is 0 Å². The van der Waals surface area contributed by atoms with Gasteiger partial charge in [-0.2, -0.15) is 0 Å². The number of fused-ring (bicyclic) bond motifs is 3. The summed E-state index contributed by atoms with van der Waals surface area (Å²) < 4.78 is 5.68. The zero-order valence-electron chi connectivity index (χ0n) is 17.4. The van der Waals surface area contributed by atoms with Gasteiger partial charge in [-0.1, -0.05) is 35.9 Å². The van der Waals surface area contributed by atoms with Crippen LogP contribution in [0.1, 0.15) is 72.1 Å². The van der Waals surface area contributed by atoms with Crippen LogP contribution < -0.4 is 0 Å². The Morgan fingerprint density at radius 3 is 2.61 bits per heavy atom. The number of carbonyl (C=O) groups is 2. The molecule has 0 radical (unpaired) electrons. The Balaban J connectivity index is 1.68. The van der Waals surface area contributed by atoms with E-state index in [-0.39, 0.29) is 33.8 Å². The van der Waals surface area contributed by atoms with Crippen LogP contribution in [-0.2, 0) is 14.3 Å². The highest BCUT2D eigenvalue weighted by Crippen LogP contribution is 2.71. The molecule has 1 N–H and O–H groups in total. The van der Waals surface area contributed by atoms with Gasteiger partial charge in [-0.25, -0.2) is 0 Å². The second-order valence-electron chi connectivity index (χ2n) is 10.5. The molecule has 0 aromatic carbocycles. The van der Waals surface area contributed by atoms with Crippen LogP contribution in [0.3, 0.4) is 0 Å². The lowest BCUT2D eigenvalue weighted by Crippen LogP contribution is -2.60. The van der Waals surface area contributed by atoms with Crippen LogP contribution in [0.5, 0.6) is 0 Å². The Bertz CT molecular complexity index is 732. The summed E-state index contributed by atoms with van der Waals surface area (Å²) in [4.78, 5) is 26.6. The van der Waals surface area contributed by atoms with E-state index in [1.807, 2.05) is 6.92 Å². The van der Waals surface area contributed by atoms with Crippen LogP contribution in [0.4, 0.5) is 0 Å². The van der Waals surface area contributed by atoms with Crippen molar-refractivity contribution in [3.8, 4) is 0 Å². The molecule has 4 nitrogen and oxygen atoms in total. The fourth-order valence-electron chi connectivity index (χ4n) is 7.72. The second-order valence-corrected chi connectivity index (χ2v) is 12.1. The Morgan fingerprint density at radius 2 is 1.93 bits per heavy atom. The van der Waals surface area contributed by atoms with Crippen molar-refractivity contribution >= 4 is 27.7 Å². The smallest absolute Gasteiger partial charge is 0.312 e. The molecule has 2 bridgehead atoms. The molecule has 0 aliphatic heterocycles. The van der Waals surface area contributed by atoms with Gasteiger partial charge < -0.3 is 9.84 Å². The normalized spacial score (nSPS) is 48.6. The summed E-state index contributed by atoms with van der Waals surface area (Å²) in [6.45, 7) is 10.7. The number of hydrogen-bond acceptors (Lipinski definition) is 4. The number of alkyl halides is 1. The van der Waals surface area contributed by atoms with Gasteiger partial charge in [0.05, 0.1) is 11.0 Å². The zero-order chi connectivity index (χ0) is 20.5. The van der Waals surface area contributed by atoms with E-state index in [2.05, 4.69) is 36.4 Å². The van der Waals surface area contributed by atoms with Crippen molar-refractivity contribution in [3.05, 3.63) is 12.2 Å². The summed E-state index contributed by atoms with van der Waals surface area (Å²) in [5.74, 6) is 0.448. The highest BCUT2D eigenvalue weighted by molar-refractivity contribution is 9.09. The van der Waals surface area contributed by atoms with E-state index in [0.717, 1.165) is 38.5 Å². The van der Waals surface area contributed by atoms with Gasteiger partial charge in [-0.05, 0) is 76.0 Å². The van der Waals surface area contributed by atoms with Gasteiger partial charge in [-0.3, -0.25) is 9.59 Å². The third kappa shape index (κ3) is 2.57. The molecule has 0 saturated heterocycles. The molecular weight excluding hydrogens is 420 g/mol. The lowest BCUT2D eigenvalue weighted by atomic mass is 9.40. The Labute approximate surface area is 176 Å². The number of rotatable bonds is 3. The van der Waals surface area contributed by atoms with Crippen molar-refractivity contribution in [2.45, 2.75) is 82.6 Å².